The number of nitrogens with one attached hydrogen (secondary N) is 1. The monoisotopic (exact) mass is 409 g/mol. The molecule has 29 heavy (non-hydrogen) atoms. The van der Waals surface area contributed by atoms with E-state index in [1.54, 1.807) is 36.4 Å². The van der Waals surface area contributed by atoms with Crippen LogP contribution < -0.4 is 10.1 Å². The normalized spacial score (nSPS) is 11.8. The minimum Gasteiger partial charge on any atom is -0.484 e. The zero-order valence-corrected chi connectivity index (χ0v) is 15.9. The van der Waals surface area contributed by atoms with Crippen molar-refractivity contribution in [2.24, 2.45) is 0 Å². The van der Waals surface area contributed by atoms with Crippen LogP contribution >= 0.6 is 11.3 Å². The number of aromatic nitrogens is 4. The second-order valence-corrected chi connectivity index (χ2v) is 7.08. The summed E-state index contributed by atoms with van der Waals surface area (Å²) in [7, 11) is 0. The van der Waals surface area contributed by atoms with Gasteiger partial charge in [-0.2, -0.15) is 0 Å². The molecular formula is C20H16FN5O2S. The summed E-state index contributed by atoms with van der Waals surface area (Å²) in [5, 5.41) is 15.9. The van der Waals surface area contributed by atoms with Crippen LogP contribution in [0.2, 0.25) is 0 Å². The lowest BCUT2D eigenvalue weighted by Crippen LogP contribution is -2.32. The molecule has 1 atom stereocenters. The number of amides is 1. The minimum atomic E-state index is -0.367. The molecule has 4 aromatic rings. The van der Waals surface area contributed by atoms with Gasteiger partial charge in [0.2, 0.25) is 0 Å². The zero-order chi connectivity index (χ0) is 20.1. The Morgan fingerprint density at radius 3 is 2.59 bits per heavy atom. The highest BCUT2D eigenvalue weighted by Gasteiger charge is 2.18. The van der Waals surface area contributed by atoms with Crippen molar-refractivity contribution in [2.45, 2.75) is 6.04 Å². The second-order valence-electron chi connectivity index (χ2n) is 6.10. The summed E-state index contributed by atoms with van der Waals surface area (Å²) in [5.74, 6) is -0.0535. The van der Waals surface area contributed by atoms with Crippen molar-refractivity contribution in [3.8, 4) is 11.4 Å². The van der Waals surface area contributed by atoms with E-state index in [0.29, 0.717) is 5.75 Å². The lowest BCUT2D eigenvalue weighted by Gasteiger charge is -2.18. The molecule has 0 bridgehead atoms. The number of tetrazole rings is 1. The Balaban J connectivity index is 1.40. The van der Waals surface area contributed by atoms with Gasteiger partial charge in [-0.15, -0.1) is 16.4 Å². The first-order valence-electron chi connectivity index (χ1n) is 8.73. The van der Waals surface area contributed by atoms with Crippen LogP contribution in [0, 0.1) is 5.82 Å². The number of halogens is 1. The molecule has 0 aliphatic carbocycles. The third-order valence-corrected chi connectivity index (χ3v) is 5.09. The maximum Gasteiger partial charge on any atom is 0.258 e. The van der Waals surface area contributed by atoms with Gasteiger partial charge in [-0.05, 0) is 63.8 Å². The maximum atomic E-state index is 13.3. The molecule has 7 nitrogen and oxygen atoms in total. The second kappa shape index (κ2) is 8.61. The topological polar surface area (TPSA) is 81.9 Å². The fourth-order valence-electron chi connectivity index (χ4n) is 2.76. The number of carbonyl (C=O) groups is 1. The number of nitrogens with zero attached hydrogens (tertiary/aromatic N) is 4. The first-order chi connectivity index (χ1) is 14.2. The lowest BCUT2D eigenvalue weighted by atomic mass is 10.1. The molecule has 2 aromatic heterocycles. The molecule has 0 radical (unpaired) electrons. The summed E-state index contributed by atoms with van der Waals surface area (Å²) in [4.78, 5) is 13.4. The van der Waals surface area contributed by atoms with Gasteiger partial charge in [-0.1, -0.05) is 18.2 Å². The van der Waals surface area contributed by atoms with Crippen LogP contribution in [0.25, 0.3) is 5.69 Å². The van der Waals surface area contributed by atoms with Crippen molar-refractivity contribution < 1.29 is 13.9 Å². The molecule has 0 fully saturated rings. The molecule has 0 spiro atoms. The van der Waals surface area contributed by atoms with Crippen LogP contribution in [-0.4, -0.2) is 32.7 Å². The third kappa shape index (κ3) is 4.64. The molecule has 2 aromatic carbocycles. The number of hydrogen-bond donors (Lipinski definition) is 1. The SMILES string of the molecule is O=C(COc1ccc(-n2cnnn2)cc1)N[C@@H](c1ccc(F)cc1)c1cccs1. The van der Waals surface area contributed by atoms with Crippen molar-refractivity contribution in [1.29, 1.82) is 0 Å². The van der Waals surface area contributed by atoms with E-state index in [-0.39, 0.29) is 24.4 Å². The Bertz CT molecular complexity index is 1050. The molecule has 146 valence electrons. The summed E-state index contributed by atoms with van der Waals surface area (Å²) in [6.07, 6.45) is 1.49. The van der Waals surface area contributed by atoms with Gasteiger partial charge in [0.05, 0.1) is 11.7 Å². The van der Waals surface area contributed by atoms with Crippen LogP contribution in [-0.2, 0) is 4.79 Å². The van der Waals surface area contributed by atoms with Gasteiger partial charge >= 0.3 is 0 Å². The summed E-state index contributed by atoms with van der Waals surface area (Å²) in [6.45, 7) is -0.146. The molecule has 0 aliphatic rings. The van der Waals surface area contributed by atoms with Gasteiger partial charge in [0.15, 0.2) is 6.61 Å². The average Bonchev–Trinajstić information content (AvgIpc) is 3.46. The smallest absolute Gasteiger partial charge is 0.258 e. The van der Waals surface area contributed by atoms with E-state index in [9.17, 15) is 9.18 Å². The maximum absolute atomic E-state index is 13.3. The number of carbonyl (C=O) groups excluding carboxylic acids is 1. The van der Waals surface area contributed by atoms with Crippen LogP contribution in [0.1, 0.15) is 16.5 Å². The van der Waals surface area contributed by atoms with E-state index in [0.717, 1.165) is 16.1 Å². The molecule has 4 rings (SSSR count). The van der Waals surface area contributed by atoms with E-state index >= 15 is 0 Å². The van der Waals surface area contributed by atoms with E-state index < -0.39 is 0 Å². The van der Waals surface area contributed by atoms with Crippen LogP contribution in [0.4, 0.5) is 4.39 Å². The summed E-state index contributed by atoms with van der Waals surface area (Å²) >= 11 is 1.52. The van der Waals surface area contributed by atoms with Crippen molar-refractivity contribution in [2.75, 3.05) is 6.61 Å². The van der Waals surface area contributed by atoms with Gasteiger partial charge in [0, 0.05) is 4.88 Å². The predicted octanol–water partition coefficient (Wildman–Crippen LogP) is 3.15. The molecule has 1 amide bonds. The Labute approximate surface area is 169 Å². The highest BCUT2D eigenvalue weighted by atomic mass is 32.1. The fourth-order valence-corrected chi connectivity index (χ4v) is 3.56. The standard InChI is InChI=1S/C20H16FN5O2S/c21-15-5-3-14(4-6-15)20(18-2-1-11-29-18)23-19(27)12-28-17-9-7-16(8-10-17)26-13-22-24-25-26/h1-11,13,20H,12H2,(H,23,27)/t20-/m0/s1. The lowest BCUT2D eigenvalue weighted by molar-refractivity contribution is -0.123. The van der Waals surface area contributed by atoms with E-state index in [4.69, 9.17) is 4.74 Å². The molecule has 0 saturated heterocycles. The van der Waals surface area contributed by atoms with E-state index in [2.05, 4.69) is 20.8 Å². The molecule has 1 N–H and O–H groups in total. The van der Waals surface area contributed by atoms with E-state index in [1.165, 1.54) is 34.5 Å². The molecule has 2 heterocycles. The Hall–Kier alpha value is -3.59. The highest BCUT2D eigenvalue weighted by Crippen LogP contribution is 2.26. The minimum absolute atomic E-state index is 0.146. The Morgan fingerprint density at radius 1 is 1.14 bits per heavy atom. The van der Waals surface area contributed by atoms with Crippen molar-refractivity contribution in [3.63, 3.8) is 0 Å². The molecule has 0 saturated carbocycles. The van der Waals surface area contributed by atoms with Crippen molar-refractivity contribution in [1.82, 2.24) is 25.5 Å². The van der Waals surface area contributed by atoms with Crippen molar-refractivity contribution >= 4 is 17.2 Å². The Morgan fingerprint density at radius 2 is 1.93 bits per heavy atom. The Kier molecular flexibility index (Phi) is 5.57. The van der Waals surface area contributed by atoms with Gasteiger partial charge < -0.3 is 10.1 Å². The molecular weight excluding hydrogens is 393 g/mol. The fraction of sp³-hybridized carbons (Fsp3) is 0.100. The summed E-state index contributed by atoms with van der Waals surface area (Å²) in [5.41, 5.74) is 1.58. The summed E-state index contributed by atoms with van der Waals surface area (Å²) in [6, 6.07) is 16.6. The zero-order valence-electron chi connectivity index (χ0n) is 15.1. The van der Waals surface area contributed by atoms with Crippen LogP contribution in [0.3, 0.4) is 0 Å². The van der Waals surface area contributed by atoms with Gasteiger partial charge in [0.1, 0.15) is 17.9 Å². The van der Waals surface area contributed by atoms with Crippen molar-refractivity contribution in [3.05, 3.63) is 88.6 Å². The number of thiophene rings is 1. The van der Waals surface area contributed by atoms with Gasteiger partial charge in [-0.3, -0.25) is 4.79 Å². The molecule has 0 aliphatic heterocycles. The number of ether oxygens (including phenoxy) is 1. The van der Waals surface area contributed by atoms with Gasteiger partial charge in [-0.25, -0.2) is 9.07 Å². The van der Waals surface area contributed by atoms with Crippen LogP contribution in [0.15, 0.2) is 72.4 Å². The largest absolute Gasteiger partial charge is 0.484 e. The number of rotatable bonds is 7. The average molecular weight is 409 g/mol. The van der Waals surface area contributed by atoms with Gasteiger partial charge in [0.25, 0.3) is 5.91 Å². The number of hydrogen-bond acceptors (Lipinski definition) is 6. The highest BCUT2D eigenvalue weighted by molar-refractivity contribution is 7.10. The first-order valence-corrected chi connectivity index (χ1v) is 9.61. The quantitative estimate of drug-likeness (QED) is 0.507. The summed E-state index contributed by atoms with van der Waals surface area (Å²) < 4.78 is 20.4. The molecule has 0 unspecified atom stereocenters. The third-order valence-electron chi connectivity index (χ3n) is 4.16. The predicted molar refractivity (Wildman–Crippen MR) is 105 cm³/mol. The van der Waals surface area contributed by atoms with Crippen LogP contribution in [0.5, 0.6) is 5.75 Å². The first kappa shape index (κ1) is 18.8. The number of benzene rings is 2. The molecule has 9 heteroatoms. The van der Waals surface area contributed by atoms with E-state index in [1.807, 2.05) is 17.5 Å².